The van der Waals surface area contributed by atoms with E-state index in [1.807, 2.05) is 45.3 Å². The minimum absolute atomic E-state index is 0.109. The third-order valence-electron chi connectivity index (χ3n) is 7.78. The van der Waals surface area contributed by atoms with Crippen molar-refractivity contribution in [1.29, 1.82) is 0 Å². The van der Waals surface area contributed by atoms with E-state index in [2.05, 4.69) is 36.4 Å². The van der Waals surface area contributed by atoms with Crippen molar-refractivity contribution in [2.45, 2.75) is 85.6 Å². The summed E-state index contributed by atoms with van der Waals surface area (Å²) in [6.45, 7) is 16.4. The SMILES string of the molecule is CC.Cc1c(Cc2ccccc2SN2CCCC2)c2c(n1CC(=O)O)CC(C)(C)C(C)(C)C2=O. The second-order valence-electron chi connectivity index (χ2n) is 10.4. The van der Waals surface area contributed by atoms with Gasteiger partial charge in [0, 0.05) is 46.8 Å². The quantitative estimate of drug-likeness (QED) is 0.481. The maximum Gasteiger partial charge on any atom is 0.323 e. The monoisotopic (exact) mass is 484 g/mol. The smallest absolute Gasteiger partial charge is 0.323 e. The number of benzene rings is 1. The molecule has 34 heavy (non-hydrogen) atoms. The summed E-state index contributed by atoms with van der Waals surface area (Å²) >= 11 is 1.81. The van der Waals surface area contributed by atoms with Crippen LogP contribution >= 0.6 is 11.9 Å². The zero-order chi connectivity index (χ0) is 25.3. The molecule has 1 aromatic carbocycles. The molecule has 4 rings (SSSR count). The molecule has 1 saturated heterocycles. The number of fused-ring (bicyclic) bond motifs is 1. The summed E-state index contributed by atoms with van der Waals surface area (Å²) in [5, 5.41) is 9.58. The summed E-state index contributed by atoms with van der Waals surface area (Å²) in [7, 11) is 0. The Morgan fingerprint density at radius 1 is 1.09 bits per heavy atom. The second-order valence-corrected chi connectivity index (χ2v) is 11.5. The number of rotatable bonds is 6. The van der Waals surface area contributed by atoms with Gasteiger partial charge in [-0.15, -0.1) is 0 Å². The molecule has 0 bridgehead atoms. The molecule has 5 nitrogen and oxygen atoms in total. The minimum Gasteiger partial charge on any atom is -0.480 e. The van der Waals surface area contributed by atoms with Crippen LogP contribution in [0.3, 0.4) is 0 Å². The lowest BCUT2D eigenvalue weighted by Gasteiger charge is -2.44. The van der Waals surface area contributed by atoms with Crippen LogP contribution < -0.4 is 0 Å². The van der Waals surface area contributed by atoms with Gasteiger partial charge in [0.1, 0.15) is 6.54 Å². The van der Waals surface area contributed by atoms with E-state index in [1.165, 1.54) is 23.3 Å². The normalized spacial score (nSPS) is 18.9. The molecular weight excluding hydrogens is 444 g/mol. The summed E-state index contributed by atoms with van der Waals surface area (Å²) in [4.78, 5) is 26.7. The van der Waals surface area contributed by atoms with Crippen LogP contribution in [-0.2, 0) is 24.2 Å². The molecule has 0 atom stereocenters. The van der Waals surface area contributed by atoms with E-state index in [1.54, 1.807) is 11.9 Å². The van der Waals surface area contributed by atoms with Crippen LogP contribution in [0, 0.1) is 17.8 Å². The maximum absolute atomic E-state index is 13.8. The first kappa shape index (κ1) is 26.6. The number of hydrogen-bond donors (Lipinski definition) is 1. The van der Waals surface area contributed by atoms with Gasteiger partial charge in [-0.1, -0.05) is 59.7 Å². The Bertz CT molecular complexity index is 1060. The zero-order valence-corrected chi connectivity index (χ0v) is 22.6. The fourth-order valence-electron chi connectivity index (χ4n) is 4.98. The van der Waals surface area contributed by atoms with Gasteiger partial charge in [-0.3, -0.25) is 9.59 Å². The van der Waals surface area contributed by atoms with Gasteiger partial charge >= 0.3 is 5.97 Å². The predicted molar refractivity (Wildman–Crippen MR) is 140 cm³/mol. The number of carboxylic acid groups (broad SMARTS) is 1. The van der Waals surface area contributed by atoms with E-state index < -0.39 is 11.4 Å². The van der Waals surface area contributed by atoms with Crippen molar-refractivity contribution in [3.63, 3.8) is 0 Å². The molecule has 0 unspecified atom stereocenters. The first-order chi connectivity index (χ1) is 16.0. The molecule has 2 aromatic rings. The van der Waals surface area contributed by atoms with Crippen LogP contribution in [0.2, 0.25) is 0 Å². The number of carboxylic acids is 1. The Hall–Kier alpha value is -2.05. The average Bonchev–Trinajstić information content (AvgIpc) is 3.37. The number of hydrogen-bond acceptors (Lipinski definition) is 4. The standard InChI is InChI=1S/C26H34N2O3S.C2H6/c1-17-19(14-18-10-6-7-11-21(18)32-27-12-8-9-13-27)23-20(28(17)16-22(29)30)15-25(2,3)26(4,5)24(23)31;1-2/h6-7,10-11H,8-9,12-16H2,1-5H3,(H,29,30);1-2H3. The van der Waals surface area contributed by atoms with Crippen LogP contribution in [0.5, 0.6) is 0 Å². The molecular formula is C28H40N2O3S. The lowest BCUT2D eigenvalue weighted by atomic mass is 9.58. The third-order valence-corrected chi connectivity index (χ3v) is 9.00. The Morgan fingerprint density at radius 3 is 2.32 bits per heavy atom. The molecule has 1 aromatic heterocycles. The van der Waals surface area contributed by atoms with Gasteiger partial charge in [-0.05, 0) is 60.7 Å². The van der Waals surface area contributed by atoms with Crippen molar-refractivity contribution in [2.75, 3.05) is 13.1 Å². The molecule has 0 radical (unpaired) electrons. The maximum atomic E-state index is 13.8. The first-order valence-electron chi connectivity index (χ1n) is 12.5. The number of aliphatic carboxylic acids is 1. The van der Waals surface area contributed by atoms with Crippen molar-refractivity contribution >= 4 is 23.7 Å². The highest BCUT2D eigenvalue weighted by Crippen LogP contribution is 2.50. The lowest BCUT2D eigenvalue weighted by Crippen LogP contribution is -2.46. The van der Waals surface area contributed by atoms with Crippen LogP contribution in [0.15, 0.2) is 29.2 Å². The number of carbonyl (C=O) groups excluding carboxylic acids is 1. The molecule has 2 aliphatic rings. The van der Waals surface area contributed by atoms with Gasteiger partial charge in [0.2, 0.25) is 0 Å². The molecule has 1 aliphatic heterocycles. The Balaban J connectivity index is 0.00000158. The van der Waals surface area contributed by atoms with Gasteiger partial charge < -0.3 is 9.67 Å². The molecule has 0 saturated carbocycles. The molecule has 2 heterocycles. The lowest BCUT2D eigenvalue weighted by molar-refractivity contribution is -0.137. The number of carbonyl (C=O) groups is 2. The largest absolute Gasteiger partial charge is 0.480 e. The van der Waals surface area contributed by atoms with Crippen LogP contribution in [-0.4, -0.2) is 38.8 Å². The summed E-state index contributed by atoms with van der Waals surface area (Å²) in [6, 6.07) is 8.41. The van der Waals surface area contributed by atoms with Crippen LogP contribution in [0.1, 0.15) is 87.3 Å². The molecule has 1 fully saturated rings. The number of aromatic nitrogens is 1. The van der Waals surface area contributed by atoms with Gasteiger partial charge in [-0.2, -0.15) is 0 Å². The predicted octanol–water partition coefficient (Wildman–Crippen LogP) is 6.39. The molecule has 1 aliphatic carbocycles. The highest BCUT2D eigenvalue weighted by atomic mass is 32.2. The Kier molecular flexibility index (Phi) is 8.03. The third kappa shape index (κ3) is 4.85. The van der Waals surface area contributed by atoms with Crippen molar-refractivity contribution in [1.82, 2.24) is 8.87 Å². The highest BCUT2D eigenvalue weighted by molar-refractivity contribution is 7.97. The zero-order valence-electron chi connectivity index (χ0n) is 21.8. The second kappa shape index (κ2) is 10.3. The van der Waals surface area contributed by atoms with Gasteiger partial charge in [0.15, 0.2) is 5.78 Å². The van der Waals surface area contributed by atoms with Gasteiger partial charge in [0.05, 0.1) is 0 Å². The fraction of sp³-hybridized carbons (Fsp3) is 0.571. The molecule has 186 valence electrons. The van der Waals surface area contributed by atoms with Crippen LogP contribution in [0.4, 0.5) is 0 Å². The number of ketones is 1. The Labute approximate surface area is 209 Å². The van der Waals surface area contributed by atoms with Crippen molar-refractivity contribution in [3.05, 3.63) is 52.3 Å². The molecule has 1 N–H and O–H groups in total. The van der Waals surface area contributed by atoms with Gasteiger partial charge in [0.25, 0.3) is 0 Å². The fourth-order valence-corrected chi connectivity index (χ4v) is 6.10. The number of nitrogens with zero attached hydrogens (tertiary/aromatic N) is 2. The first-order valence-corrected chi connectivity index (χ1v) is 13.3. The summed E-state index contributed by atoms with van der Waals surface area (Å²) < 4.78 is 4.28. The van der Waals surface area contributed by atoms with E-state index in [4.69, 9.17) is 0 Å². The van der Waals surface area contributed by atoms with E-state index in [0.29, 0.717) is 12.8 Å². The highest BCUT2D eigenvalue weighted by Gasteiger charge is 2.50. The number of Topliss-reactive ketones (excluding diaryl/α,β-unsaturated/α-hetero) is 1. The summed E-state index contributed by atoms with van der Waals surface area (Å²) in [6.07, 6.45) is 3.80. The average molecular weight is 485 g/mol. The topological polar surface area (TPSA) is 62.5 Å². The van der Waals surface area contributed by atoms with E-state index in [9.17, 15) is 14.7 Å². The molecule has 0 amide bonds. The minimum atomic E-state index is -0.877. The van der Waals surface area contributed by atoms with Crippen LogP contribution in [0.25, 0.3) is 0 Å². The van der Waals surface area contributed by atoms with E-state index in [0.717, 1.165) is 35.6 Å². The van der Waals surface area contributed by atoms with E-state index in [-0.39, 0.29) is 17.7 Å². The molecule has 0 spiro atoms. The summed E-state index contributed by atoms with van der Waals surface area (Å²) in [5.74, 6) is -0.742. The Morgan fingerprint density at radius 2 is 1.71 bits per heavy atom. The molecule has 6 heteroatoms. The summed E-state index contributed by atoms with van der Waals surface area (Å²) in [5.41, 5.74) is 3.97. The van der Waals surface area contributed by atoms with Crippen molar-refractivity contribution in [3.8, 4) is 0 Å². The van der Waals surface area contributed by atoms with Gasteiger partial charge in [-0.25, -0.2) is 4.31 Å². The van der Waals surface area contributed by atoms with Crippen molar-refractivity contribution < 1.29 is 14.7 Å². The van der Waals surface area contributed by atoms with E-state index >= 15 is 0 Å². The van der Waals surface area contributed by atoms with Crippen molar-refractivity contribution in [2.24, 2.45) is 10.8 Å².